The summed E-state index contributed by atoms with van der Waals surface area (Å²) in [4.78, 5) is 38.1. The summed E-state index contributed by atoms with van der Waals surface area (Å²) < 4.78 is 0. The molecule has 1 saturated carbocycles. The molecule has 1 aromatic rings. The molecule has 1 aliphatic carbocycles. The fraction of sp³-hybridized carbons (Fsp3) is 0.438. The van der Waals surface area contributed by atoms with E-state index in [-0.39, 0.29) is 24.1 Å². The maximum absolute atomic E-state index is 12.7. The van der Waals surface area contributed by atoms with E-state index in [4.69, 9.17) is 0 Å². The Hall–Kier alpha value is -1.97. The van der Waals surface area contributed by atoms with E-state index in [2.05, 4.69) is 0 Å². The molecule has 0 aromatic heterocycles. The topological polar surface area (TPSA) is 54.5 Å². The highest BCUT2D eigenvalue weighted by Crippen LogP contribution is 2.43. The molecule has 4 heteroatoms. The Morgan fingerprint density at radius 2 is 1.75 bits per heavy atom. The first kappa shape index (κ1) is 13.0. The molecule has 1 aliphatic heterocycles. The molecule has 1 spiro atoms. The van der Waals surface area contributed by atoms with Crippen molar-refractivity contribution in [2.24, 2.45) is 5.41 Å². The number of carbonyl (C=O) groups excluding carboxylic acids is 3. The van der Waals surface area contributed by atoms with Gasteiger partial charge in [-0.25, -0.2) is 0 Å². The summed E-state index contributed by atoms with van der Waals surface area (Å²) in [6, 6.07) is 9.43. The van der Waals surface area contributed by atoms with Gasteiger partial charge in [-0.3, -0.25) is 19.3 Å². The standard InChI is InChI=1S/C16H17NO3/c18-13-7-4-9-16(13)10-8-14(19)17(15(16)20)11-12-5-2-1-3-6-12/h1-3,5-6H,4,7-11H2. The highest BCUT2D eigenvalue weighted by atomic mass is 16.2. The van der Waals surface area contributed by atoms with E-state index in [1.54, 1.807) is 0 Å². The second-order valence-electron chi connectivity index (χ2n) is 5.63. The van der Waals surface area contributed by atoms with Gasteiger partial charge in [0.2, 0.25) is 11.8 Å². The molecule has 0 radical (unpaired) electrons. The minimum absolute atomic E-state index is 0.0214. The lowest BCUT2D eigenvalue weighted by molar-refractivity contribution is -0.160. The van der Waals surface area contributed by atoms with E-state index in [0.29, 0.717) is 25.7 Å². The first-order chi connectivity index (χ1) is 9.63. The Bertz CT molecular complexity index is 566. The highest BCUT2D eigenvalue weighted by molar-refractivity contribution is 6.13. The Kier molecular flexibility index (Phi) is 3.16. The molecule has 1 atom stereocenters. The Morgan fingerprint density at radius 1 is 1.00 bits per heavy atom. The van der Waals surface area contributed by atoms with Crippen molar-refractivity contribution >= 4 is 17.6 Å². The van der Waals surface area contributed by atoms with Crippen molar-refractivity contribution in [1.82, 2.24) is 4.90 Å². The van der Waals surface area contributed by atoms with Crippen LogP contribution in [-0.4, -0.2) is 22.5 Å². The van der Waals surface area contributed by atoms with Crippen molar-refractivity contribution < 1.29 is 14.4 Å². The summed E-state index contributed by atoms with van der Waals surface area (Å²) >= 11 is 0. The lowest BCUT2D eigenvalue weighted by Gasteiger charge is -2.36. The number of Topliss-reactive ketones (excluding diaryl/α,β-unsaturated/α-hetero) is 1. The van der Waals surface area contributed by atoms with E-state index in [0.717, 1.165) is 12.0 Å². The fourth-order valence-corrected chi connectivity index (χ4v) is 3.28. The lowest BCUT2D eigenvalue weighted by Crippen LogP contribution is -2.52. The van der Waals surface area contributed by atoms with Gasteiger partial charge >= 0.3 is 0 Å². The Balaban J connectivity index is 1.87. The summed E-state index contributed by atoms with van der Waals surface area (Å²) in [5.41, 5.74) is 0.0135. The van der Waals surface area contributed by atoms with E-state index in [9.17, 15) is 14.4 Å². The van der Waals surface area contributed by atoms with Gasteiger partial charge in [0.15, 0.2) is 0 Å². The van der Waals surface area contributed by atoms with Crippen molar-refractivity contribution in [1.29, 1.82) is 0 Å². The van der Waals surface area contributed by atoms with Gasteiger partial charge < -0.3 is 0 Å². The van der Waals surface area contributed by atoms with Crippen molar-refractivity contribution in [3.05, 3.63) is 35.9 Å². The predicted octanol–water partition coefficient (Wildman–Crippen LogP) is 2.08. The number of imide groups is 1. The van der Waals surface area contributed by atoms with Crippen molar-refractivity contribution in [3.63, 3.8) is 0 Å². The van der Waals surface area contributed by atoms with Gasteiger partial charge in [0.05, 0.1) is 6.54 Å². The molecule has 104 valence electrons. The third-order valence-corrected chi connectivity index (χ3v) is 4.45. The molecule has 1 aromatic carbocycles. The largest absolute Gasteiger partial charge is 0.299 e. The summed E-state index contributed by atoms with van der Waals surface area (Å²) in [6.07, 6.45) is 2.53. The summed E-state index contributed by atoms with van der Waals surface area (Å²) in [7, 11) is 0. The second kappa shape index (κ2) is 4.85. The lowest BCUT2D eigenvalue weighted by atomic mass is 9.76. The van der Waals surface area contributed by atoms with Crippen LogP contribution in [0.4, 0.5) is 0 Å². The first-order valence-corrected chi connectivity index (χ1v) is 7.05. The summed E-state index contributed by atoms with van der Waals surface area (Å²) in [5, 5.41) is 0. The van der Waals surface area contributed by atoms with Crippen LogP contribution in [0.5, 0.6) is 0 Å². The van der Waals surface area contributed by atoms with Gasteiger partial charge in [-0.2, -0.15) is 0 Å². The van der Waals surface area contributed by atoms with Gasteiger partial charge in [-0.15, -0.1) is 0 Å². The molecule has 2 amide bonds. The Morgan fingerprint density at radius 3 is 2.40 bits per heavy atom. The maximum Gasteiger partial charge on any atom is 0.243 e. The number of hydrogen-bond acceptors (Lipinski definition) is 3. The fourth-order valence-electron chi connectivity index (χ4n) is 3.28. The van der Waals surface area contributed by atoms with Gasteiger partial charge in [0.1, 0.15) is 11.2 Å². The zero-order chi connectivity index (χ0) is 14.2. The number of nitrogens with zero attached hydrogens (tertiary/aromatic N) is 1. The van der Waals surface area contributed by atoms with Crippen LogP contribution in [0.3, 0.4) is 0 Å². The number of likely N-dealkylation sites (tertiary alicyclic amines) is 1. The number of piperidine rings is 1. The van der Waals surface area contributed by atoms with Crippen molar-refractivity contribution in [2.75, 3.05) is 0 Å². The average molecular weight is 271 g/mol. The van der Waals surface area contributed by atoms with Gasteiger partial charge in [-0.1, -0.05) is 30.3 Å². The molecule has 1 heterocycles. The molecule has 2 aliphatic rings. The van der Waals surface area contributed by atoms with Crippen molar-refractivity contribution in [2.45, 2.75) is 38.6 Å². The minimum atomic E-state index is -0.900. The monoisotopic (exact) mass is 271 g/mol. The quantitative estimate of drug-likeness (QED) is 0.611. The first-order valence-electron chi connectivity index (χ1n) is 7.05. The number of carbonyl (C=O) groups is 3. The number of ketones is 1. The van der Waals surface area contributed by atoms with E-state index in [1.165, 1.54) is 4.90 Å². The number of rotatable bonds is 2. The van der Waals surface area contributed by atoms with Crippen LogP contribution in [0.2, 0.25) is 0 Å². The number of hydrogen-bond donors (Lipinski definition) is 0. The molecule has 4 nitrogen and oxygen atoms in total. The van der Waals surface area contributed by atoms with Crippen LogP contribution in [0.1, 0.15) is 37.7 Å². The zero-order valence-electron chi connectivity index (χ0n) is 11.3. The van der Waals surface area contributed by atoms with Crippen LogP contribution in [-0.2, 0) is 20.9 Å². The van der Waals surface area contributed by atoms with E-state index < -0.39 is 5.41 Å². The molecule has 1 unspecified atom stereocenters. The maximum atomic E-state index is 12.7. The molecule has 3 rings (SSSR count). The smallest absolute Gasteiger partial charge is 0.243 e. The second-order valence-corrected chi connectivity index (χ2v) is 5.63. The number of amides is 2. The van der Waals surface area contributed by atoms with E-state index in [1.807, 2.05) is 30.3 Å². The van der Waals surface area contributed by atoms with Crippen LogP contribution >= 0.6 is 0 Å². The van der Waals surface area contributed by atoms with Crippen molar-refractivity contribution in [3.8, 4) is 0 Å². The van der Waals surface area contributed by atoms with Crippen LogP contribution in [0.25, 0.3) is 0 Å². The zero-order valence-corrected chi connectivity index (χ0v) is 11.3. The molecule has 1 saturated heterocycles. The highest BCUT2D eigenvalue weighted by Gasteiger charge is 2.53. The van der Waals surface area contributed by atoms with Gasteiger partial charge in [-0.05, 0) is 24.8 Å². The molecule has 2 fully saturated rings. The molecule has 0 bridgehead atoms. The third kappa shape index (κ3) is 1.96. The Labute approximate surface area is 117 Å². The third-order valence-electron chi connectivity index (χ3n) is 4.45. The molecular weight excluding hydrogens is 254 g/mol. The van der Waals surface area contributed by atoms with Crippen LogP contribution < -0.4 is 0 Å². The minimum Gasteiger partial charge on any atom is -0.299 e. The normalized spacial score (nSPS) is 26.6. The van der Waals surface area contributed by atoms with Gasteiger partial charge in [0, 0.05) is 12.8 Å². The summed E-state index contributed by atoms with van der Waals surface area (Å²) in [5.74, 6) is -0.419. The SMILES string of the molecule is O=C1CCC2(CCCC2=O)C(=O)N1Cc1ccccc1. The molecular formula is C16H17NO3. The van der Waals surface area contributed by atoms with Crippen LogP contribution in [0, 0.1) is 5.41 Å². The molecule has 0 N–H and O–H groups in total. The van der Waals surface area contributed by atoms with Crippen LogP contribution in [0.15, 0.2) is 30.3 Å². The average Bonchev–Trinajstić information content (AvgIpc) is 2.83. The predicted molar refractivity (Wildman–Crippen MR) is 72.5 cm³/mol. The molecule has 20 heavy (non-hydrogen) atoms. The summed E-state index contributed by atoms with van der Waals surface area (Å²) in [6.45, 7) is 0.271. The number of benzene rings is 1. The van der Waals surface area contributed by atoms with E-state index >= 15 is 0 Å². The van der Waals surface area contributed by atoms with Gasteiger partial charge in [0.25, 0.3) is 0 Å².